The molecule has 2 aromatic heterocycles. The Hall–Kier alpha value is -3.32. The highest BCUT2D eigenvalue weighted by Gasteiger charge is 2.44. The summed E-state index contributed by atoms with van der Waals surface area (Å²) in [6, 6.07) is 7.85. The van der Waals surface area contributed by atoms with Crippen LogP contribution in [0.5, 0.6) is 0 Å². The molecule has 1 saturated heterocycles. The van der Waals surface area contributed by atoms with E-state index in [4.69, 9.17) is 10.5 Å². The highest BCUT2D eigenvalue weighted by Crippen LogP contribution is 2.32. The number of nitrogens with one attached hydrogen (secondary N) is 1. The van der Waals surface area contributed by atoms with E-state index in [-0.39, 0.29) is 17.7 Å². The molecule has 0 spiro atoms. The van der Waals surface area contributed by atoms with Crippen LogP contribution < -0.4 is 11.1 Å². The standard InChI is InChI=1S/C22H29N7O5/c1-28(2)15(31)9-13-5-3-12(4-6-13)7-8-24-22-26-19(23)16-20(27-22)29(11-25-16)21-18(33)17(32)14(10-30)34-21/h3-6,11,14,17-18,21,30,32-33H,7-10H2,1-2H3,(H3,23,24,26,27)/t14-,17?,18?,21-/m1/s1. The molecule has 3 aromatic rings. The van der Waals surface area contributed by atoms with E-state index in [0.29, 0.717) is 30.6 Å². The number of aliphatic hydroxyl groups excluding tert-OH is 3. The van der Waals surface area contributed by atoms with E-state index >= 15 is 0 Å². The van der Waals surface area contributed by atoms with Gasteiger partial charge in [0.2, 0.25) is 11.9 Å². The number of benzene rings is 1. The first-order valence-electron chi connectivity index (χ1n) is 10.9. The van der Waals surface area contributed by atoms with Crippen molar-refractivity contribution in [2.45, 2.75) is 37.4 Å². The Morgan fingerprint density at radius 2 is 1.88 bits per heavy atom. The summed E-state index contributed by atoms with van der Waals surface area (Å²) in [6.45, 7) is 0.0984. The lowest BCUT2D eigenvalue weighted by molar-refractivity contribution is -0.127. The Balaban J connectivity index is 1.43. The van der Waals surface area contributed by atoms with Crippen molar-refractivity contribution in [2.75, 3.05) is 38.3 Å². The van der Waals surface area contributed by atoms with Crippen molar-refractivity contribution in [2.24, 2.45) is 0 Å². The number of amides is 1. The molecule has 182 valence electrons. The number of aromatic nitrogens is 4. The molecule has 4 rings (SSSR count). The minimum absolute atomic E-state index is 0.0516. The van der Waals surface area contributed by atoms with Gasteiger partial charge < -0.3 is 36.0 Å². The van der Waals surface area contributed by atoms with Crippen LogP contribution in [0.4, 0.5) is 11.8 Å². The summed E-state index contributed by atoms with van der Waals surface area (Å²) in [6.07, 6.45) is -1.93. The molecule has 0 saturated carbocycles. The Bertz CT molecular complexity index is 1150. The molecule has 4 atom stereocenters. The van der Waals surface area contributed by atoms with Crippen LogP contribution >= 0.6 is 0 Å². The number of nitrogens with two attached hydrogens (primary N) is 1. The van der Waals surface area contributed by atoms with Gasteiger partial charge in [-0.1, -0.05) is 24.3 Å². The summed E-state index contributed by atoms with van der Waals surface area (Å²) in [5, 5.41) is 32.9. The second-order valence-electron chi connectivity index (χ2n) is 8.44. The largest absolute Gasteiger partial charge is 0.394 e. The first-order chi connectivity index (χ1) is 16.3. The van der Waals surface area contributed by atoms with Crippen molar-refractivity contribution in [3.8, 4) is 0 Å². The van der Waals surface area contributed by atoms with Crippen LogP contribution in [0.3, 0.4) is 0 Å². The summed E-state index contributed by atoms with van der Waals surface area (Å²) in [5.41, 5.74) is 8.76. The van der Waals surface area contributed by atoms with Gasteiger partial charge in [-0.3, -0.25) is 9.36 Å². The maximum Gasteiger partial charge on any atom is 0.226 e. The van der Waals surface area contributed by atoms with Crippen molar-refractivity contribution in [3.05, 3.63) is 41.7 Å². The summed E-state index contributed by atoms with van der Waals surface area (Å²) in [4.78, 5) is 26.3. The highest BCUT2D eigenvalue weighted by atomic mass is 16.6. The summed E-state index contributed by atoms with van der Waals surface area (Å²) < 4.78 is 7.05. The minimum Gasteiger partial charge on any atom is -0.394 e. The Labute approximate surface area is 196 Å². The van der Waals surface area contributed by atoms with Gasteiger partial charge in [-0.15, -0.1) is 0 Å². The van der Waals surface area contributed by atoms with Gasteiger partial charge in [0.1, 0.15) is 23.8 Å². The lowest BCUT2D eigenvalue weighted by Crippen LogP contribution is -2.33. The second kappa shape index (κ2) is 9.89. The van der Waals surface area contributed by atoms with Crippen LogP contribution in [0, 0.1) is 0 Å². The monoisotopic (exact) mass is 471 g/mol. The maximum absolute atomic E-state index is 11.8. The Morgan fingerprint density at radius 1 is 1.18 bits per heavy atom. The molecule has 0 aliphatic carbocycles. The van der Waals surface area contributed by atoms with Gasteiger partial charge in [-0.05, 0) is 17.5 Å². The van der Waals surface area contributed by atoms with Crippen molar-refractivity contribution in [1.29, 1.82) is 0 Å². The zero-order valence-electron chi connectivity index (χ0n) is 19.0. The third-order valence-corrected chi connectivity index (χ3v) is 5.81. The van der Waals surface area contributed by atoms with E-state index in [1.54, 1.807) is 19.0 Å². The van der Waals surface area contributed by atoms with Crippen LogP contribution in [-0.4, -0.2) is 91.2 Å². The van der Waals surface area contributed by atoms with Crippen molar-refractivity contribution in [3.63, 3.8) is 0 Å². The molecule has 1 aliphatic heterocycles. The summed E-state index contributed by atoms with van der Waals surface area (Å²) in [5.74, 6) is 0.496. The van der Waals surface area contributed by atoms with Gasteiger partial charge in [0.15, 0.2) is 17.7 Å². The summed E-state index contributed by atoms with van der Waals surface area (Å²) >= 11 is 0. The first-order valence-corrected chi connectivity index (χ1v) is 10.9. The number of imidazole rings is 1. The second-order valence-corrected chi connectivity index (χ2v) is 8.44. The predicted octanol–water partition coefficient (Wildman–Crippen LogP) is -0.695. The number of likely N-dealkylation sites (N-methyl/N-ethyl adjacent to an activating group) is 1. The lowest BCUT2D eigenvalue weighted by Gasteiger charge is -2.17. The molecular weight excluding hydrogens is 442 g/mol. The van der Waals surface area contributed by atoms with Crippen molar-refractivity contribution in [1.82, 2.24) is 24.4 Å². The minimum atomic E-state index is -1.27. The van der Waals surface area contributed by atoms with Crippen molar-refractivity contribution < 1.29 is 24.9 Å². The van der Waals surface area contributed by atoms with E-state index in [9.17, 15) is 20.1 Å². The molecule has 34 heavy (non-hydrogen) atoms. The fourth-order valence-corrected chi connectivity index (χ4v) is 3.79. The molecule has 12 nitrogen and oxygen atoms in total. The predicted molar refractivity (Wildman–Crippen MR) is 124 cm³/mol. The van der Waals surface area contributed by atoms with Gasteiger partial charge in [0.05, 0.1) is 19.4 Å². The molecule has 1 fully saturated rings. The van der Waals surface area contributed by atoms with Gasteiger partial charge in [0.25, 0.3) is 0 Å². The molecule has 0 bridgehead atoms. The third kappa shape index (κ3) is 4.80. The number of carbonyl (C=O) groups excluding carboxylic acids is 1. The normalized spacial score (nSPS) is 22.3. The molecule has 3 heterocycles. The SMILES string of the molecule is CN(C)C(=O)Cc1ccc(CCNc2nc(N)c3ncn([C@@H]4O[C@H](CO)C(O)C4O)c3n2)cc1. The number of nitrogen functional groups attached to an aromatic ring is 1. The number of anilines is 2. The number of aliphatic hydroxyl groups is 3. The van der Waals surface area contributed by atoms with Crippen LogP contribution in [0.2, 0.25) is 0 Å². The average molecular weight is 472 g/mol. The zero-order valence-corrected chi connectivity index (χ0v) is 19.0. The highest BCUT2D eigenvalue weighted by molar-refractivity contribution is 5.83. The van der Waals surface area contributed by atoms with Crippen LogP contribution in [0.1, 0.15) is 17.4 Å². The molecule has 0 radical (unpaired) electrons. The molecule has 1 amide bonds. The van der Waals surface area contributed by atoms with Crippen molar-refractivity contribution >= 4 is 28.8 Å². The lowest BCUT2D eigenvalue weighted by atomic mass is 10.1. The average Bonchev–Trinajstić information content (AvgIpc) is 3.36. The van der Waals surface area contributed by atoms with Crippen LogP contribution in [-0.2, 0) is 22.4 Å². The number of rotatable bonds is 8. The first kappa shape index (κ1) is 23.8. The van der Waals surface area contributed by atoms with E-state index in [0.717, 1.165) is 11.1 Å². The Kier molecular flexibility index (Phi) is 6.93. The number of fused-ring (bicyclic) bond motifs is 1. The van der Waals surface area contributed by atoms with Gasteiger partial charge in [-0.25, -0.2) is 4.98 Å². The topological polar surface area (TPSA) is 172 Å². The number of carbonyl (C=O) groups is 1. The maximum atomic E-state index is 11.8. The Morgan fingerprint density at radius 3 is 2.53 bits per heavy atom. The van der Waals surface area contributed by atoms with Crippen LogP contribution in [0.15, 0.2) is 30.6 Å². The smallest absolute Gasteiger partial charge is 0.226 e. The number of hydrogen-bond donors (Lipinski definition) is 5. The molecular formula is C22H29N7O5. The summed E-state index contributed by atoms with van der Waals surface area (Å²) in [7, 11) is 3.47. The van der Waals surface area contributed by atoms with Gasteiger partial charge >= 0.3 is 0 Å². The van der Waals surface area contributed by atoms with Gasteiger partial charge in [-0.2, -0.15) is 9.97 Å². The number of ether oxygens (including phenoxy) is 1. The fraction of sp³-hybridized carbons (Fsp3) is 0.455. The third-order valence-electron chi connectivity index (χ3n) is 5.81. The molecule has 1 aliphatic rings. The van der Waals surface area contributed by atoms with Gasteiger partial charge in [0, 0.05) is 20.6 Å². The number of nitrogens with zero attached hydrogens (tertiary/aromatic N) is 5. The zero-order chi connectivity index (χ0) is 24.4. The van der Waals surface area contributed by atoms with E-state index in [1.165, 1.54) is 10.9 Å². The molecule has 2 unspecified atom stereocenters. The molecule has 1 aromatic carbocycles. The molecule has 12 heteroatoms. The van der Waals surface area contributed by atoms with E-state index in [2.05, 4.69) is 20.3 Å². The number of hydrogen-bond acceptors (Lipinski definition) is 10. The molecule has 6 N–H and O–H groups in total. The van der Waals surface area contributed by atoms with Crippen LogP contribution in [0.25, 0.3) is 11.2 Å². The quantitative estimate of drug-likeness (QED) is 0.283. The van der Waals surface area contributed by atoms with E-state index < -0.39 is 31.1 Å². The fourth-order valence-electron chi connectivity index (χ4n) is 3.79. The van der Waals surface area contributed by atoms with E-state index in [1.807, 2.05) is 24.3 Å².